The first-order chi connectivity index (χ1) is 16.9. The molecule has 4 aromatic carbocycles. The van der Waals surface area contributed by atoms with Crippen molar-refractivity contribution in [3.8, 4) is 44.5 Å². The van der Waals surface area contributed by atoms with E-state index in [-0.39, 0.29) is 6.04 Å². The maximum atomic E-state index is 4.74. The Morgan fingerprint density at radius 1 is 0.588 bits per heavy atom. The number of rotatable bonds is 3. The molecular weight excluding hydrogens is 412 g/mol. The van der Waals surface area contributed by atoms with Crippen LogP contribution in [0.15, 0.2) is 122 Å². The van der Waals surface area contributed by atoms with Gasteiger partial charge in [0.15, 0.2) is 0 Å². The van der Waals surface area contributed by atoms with E-state index < -0.39 is 0 Å². The second-order valence-electron chi connectivity index (χ2n) is 8.88. The molecule has 1 N–H and O–H groups in total. The van der Waals surface area contributed by atoms with E-state index in [2.05, 4.69) is 108 Å². The zero-order valence-electron chi connectivity index (χ0n) is 18.6. The molecule has 1 aliphatic carbocycles. The lowest BCUT2D eigenvalue weighted by Gasteiger charge is -2.15. The maximum Gasteiger partial charge on any atom is 0.0868 e. The Hall–Kier alpha value is -4.43. The number of nitrogens with one attached hydrogen (secondary N) is 1. The van der Waals surface area contributed by atoms with Crippen molar-refractivity contribution in [2.45, 2.75) is 6.04 Å². The van der Waals surface area contributed by atoms with Crippen LogP contribution >= 0.6 is 0 Å². The number of hydrogen-bond donors (Lipinski definition) is 1. The number of nitrogens with zero attached hydrogens (tertiary/aromatic N) is 1. The lowest BCUT2D eigenvalue weighted by Crippen LogP contribution is -2.15. The lowest BCUT2D eigenvalue weighted by atomic mass is 9.93. The van der Waals surface area contributed by atoms with Crippen molar-refractivity contribution in [1.82, 2.24) is 10.3 Å². The van der Waals surface area contributed by atoms with Crippen molar-refractivity contribution in [3.05, 3.63) is 127 Å². The highest BCUT2D eigenvalue weighted by Gasteiger charge is 2.22. The minimum Gasteiger partial charge on any atom is -0.379 e. The molecular formula is C32H22N2. The molecule has 5 aromatic rings. The molecule has 1 atom stereocenters. The van der Waals surface area contributed by atoms with Crippen LogP contribution in [-0.2, 0) is 0 Å². The average molecular weight is 435 g/mol. The van der Waals surface area contributed by atoms with E-state index in [1.807, 2.05) is 18.5 Å². The predicted molar refractivity (Wildman–Crippen MR) is 141 cm³/mol. The van der Waals surface area contributed by atoms with Gasteiger partial charge in [0.2, 0.25) is 0 Å². The van der Waals surface area contributed by atoms with Gasteiger partial charge in [0.1, 0.15) is 0 Å². The SMILES string of the molecule is C1=CNC(c2ccc(-c3cccc(-c4ccc5c6c(cccc46)-c4ccccc4-5)c3)cn2)C=C1. The fourth-order valence-electron chi connectivity index (χ4n) is 5.32. The molecule has 34 heavy (non-hydrogen) atoms. The highest BCUT2D eigenvalue weighted by Crippen LogP contribution is 2.49. The molecule has 0 radical (unpaired) electrons. The highest BCUT2D eigenvalue weighted by atomic mass is 14.9. The van der Waals surface area contributed by atoms with E-state index in [4.69, 9.17) is 4.98 Å². The van der Waals surface area contributed by atoms with Crippen LogP contribution in [0.2, 0.25) is 0 Å². The van der Waals surface area contributed by atoms with Crippen LogP contribution in [0.5, 0.6) is 0 Å². The molecule has 0 amide bonds. The Morgan fingerprint density at radius 2 is 1.35 bits per heavy atom. The van der Waals surface area contributed by atoms with E-state index in [0.29, 0.717) is 0 Å². The van der Waals surface area contributed by atoms with E-state index in [1.165, 1.54) is 49.7 Å². The quantitative estimate of drug-likeness (QED) is 0.306. The van der Waals surface area contributed by atoms with Crippen molar-refractivity contribution >= 4 is 10.8 Å². The molecule has 2 aliphatic rings. The van der Waals surface area contributed by atoms with Gasteiger partial charge in [-0.05, 0) is 74.1 Å². The summed E-state index contributed by atoms with van der Waals surface area (Å²) >= 11 is 0. The van der Waals surface area contributed by atoms with Crippen LogP contribution in [0.4, 0.5) is 0 Å². The molecule has 1 aromatic heterocycles. The van der Waals surface area contributed by atoms with Crippen molar-refractivity contribution in [3.63, 3.8) is 0 Å². The van der Waals surface area contributed by atoms with Crippen LogP contribution in [0.25, 0.3) is 55.3 Å². The summed E-state index contributed by atoms with van der Waals surface area (Å²) in [6, 6.07) is 33.2. The summed E-state index contributed by atoms with van der Waals surface area (Å²) in [6.45, 7) is 0. The van der Waals surface area contributed by atoms with Crippen LogP contribution in [0.3, 0.4) is 0 Å². The van der Waals surface area contributed by atoms with Gasteiger partial charge in [0.05, 0.1) is 11.7 Å². The van der Waals surface area contributed by atoms with Crippen molar-refractivity contribution in [2.75, 3.05) is 0 Å². The van der Waals surface area contributed by atoms with Gasteiger partial charge in [0, 0.05) is 11.8 Å². The molecule has 1 aliphatic heterocycles. The minimum absolute atomic E-state index is 0.128. The van der Waals surface area contributed by atoms with E-state index in [9.17, 15) is 0 Å². The standard InChI is InChI=1S/C32H22N2/c1-2-10-26-25(9-1)28-12-6-11-27-24(15-16-29(26)32(27)28)22-8-5-7-21(19-22)23-14-17-31(34-20-23)30-13-3-4-18-33-30/h1-20,30,33H. The van der Waals surface area contributed by atoms with Gasteiger partial charge in [0.25, 0.3) is 0 Å². The molecule has 7 rings (SSSR count). The Morgan fingerprint density at radius 3 is 2.15 bits per heavy atom. The number of benzene rings is 4. The summed E-state index contributed by atoms with van der Waals surface area (Å²) in [5.41, 5.74) is 11.1. The van der Waals surface area contributed by atoms with Crippen LogP contribution < -0.4 is 5.32 Å². The topological polar surface area (TPSA) is 24.9 Å². The third kappa shape index (κ3) is 2.93. The zero-order valence-corrected chi connectivity index (χ0v) is 18.6. The second kappa shape index (κ2) is 7.57. The van der Waals surface area contributed by atoms with Gasteiger partial charge in [-0.15, -0.1) is 0 Å². The molecule has 0 fully saturated rings. The number of allylic oxidation sites excluding steroid dienone is 2. The molecule has 2 nitrogen and oxygen atoms in total. The smallest absolute Gasteiger partial charge is 0.0868 e. The molecule has 2 heteroatoms. The molecule has 0 saturated heterocycles. The first-order valence-electron chi connectivity index (χ1n) is 11.7. The van der Waals surface area contributed by atoms with Gasteiger partial charge >= 0.3 is 0 Å². The molecule has 0 bridgehead atoms. The van der Waals surface area contributed by atoms with Crippen LogP contribution in [0.1, 0.15) is 11.7 Å². The second-order valence-corrected chi connectivity index (χ2v) is 8.88. The van der Waals surface area contributed by atoms with E-state index in [0.717, 1.165) is 11.3 Å². The van der Waals surface area contributed by atoms with Crippen molar-refractivity contribution in [2.24, 2.45) is 0 Å². The van der Waals surface area contributed by atoms with E-state index >= 15 is 0 Å². The molecule has 160 valence electrons. The third-order valence-corrected chi connectivity index (χ3v) is 6.95. The molecule has 2 heterocycles. The van der Waals surface area contributed by atoms with Gasteiger partial charge in [-0.25, -0.2) is 0 Å². The number of hydrogen-bond acceptors (Lipinski definition) is 2. The summed E-state index contributed by atoms with van der Waals surface area (Å²) in [5.74, 6) is 0. The Balaban J connectivity index is 1.30. The highest BCUT2D eigenvalue weighted by molar-refractivity contribution is 6.18. The van der Waals surface area contributed by atoms with Crippen molar-refractivity contribution < 1.29 is 0 Å². The molecule has 0 saturated carbocycles. The first kappa shape index (κ1) is 19.1. The number of dihydropyridines is 1. The normalized spacial score (nSPS) is 15.4. The Labute approximate surface area is 198 Å². The van der Waals surface area contributed by atoms with Gasteiger partial charge in [-0.1, -0.05) is 91.0 Å². The predicted octanol–water partition coefficient (Wildman–Crippen LogP) is 7.93. The fourth-order valence-corrected chi connectivity index (χ4v) is 5.32. The van der Waals surface area contributed by atoms with Crippen LogP contribution in [0, 0.1) is 0 Å². The van der Waals surface area contributed by atoms with Gasteiger partial charge in [-0.3, -0.25) is 4.98 Å². The molecule has 1 unspecified atom stereocenters. The summed E-state index contributed by atoms with van der Waals surface area (Å²) in [6.07, 6.45) is 10.1. The lowest BCUT2D eigenvalue weighted by molar-refractivity contribution is 0.721. The van der Waals surface area contributed by atoms with E-state index in [1.54, 1.807) is 0 Å². The zero-order chi connectivity index (χ0) is 22.5. The Bertz CT molecular complexity index is 1590. The number of fused-ring (bicyclic) bond motifs is 3. The fraction of sp³-hybridized carbons (Fsp3) is 0.0312. The minimum atomic E-state index is 0.128. The van der Waals surface area contributed by atoms with Crippen molar-refractivity contribution in [1.29, 1.82) is 0 Å². The monoisotopic (exact) mass is 434 g/mol. The largest absolute Gasteiger partial charge is 0.379 e. The Kier molecular flexibility index (Phi) is 4.25. The number of aromatic nitrogens is 1. The summed E-state index contributed by atoms with van der Waals surface area (Å²) in [4.78, 5) is 4.74. The average Bonchev–Trinajstić information content (AvgIpc) is 3.25. The van der Waals surface area contributed by atoms with Gasteiger partial charge < -0.3 is 5.32 Å². The van der Waals surface area contributed by atoms with Gasteiger partial charge in [-0.2, -0.15) is 0 Å². The number of pyridine rings is 1. The molecule has 0 spiro atoms. The third-order valence-electron chi connectivity index (χ3n) is 6.95. The summed E-state index contributed by atoms with van der Waals surface area (Å²) < 4.78 is 0. The maximum absolute atomic E-state index is 4.74. The summed E-state index contributed by atoms with van der Waals surface area (Å²) in [7, 11) is 0. The summed E-state index contributed by atoms with van der Waals surface area (Å²) in [5, 5.41) is 6.00. The van der Waals surface area contributed by atoms with Crippen LogP contribution in [-0.4, -0.2) is 4.98 Å². The first-order valence-corrected chi connectivity index (χ1v) is 11.7.